The molecule has 2 amide bonds. The van der Waals surface area contributed by atoms with Gasteiger partial charge in [-0.25, -0.2) is 0 Å². The van der Waals surface area contributed by atoms with E-state index in [4.69, 9.17) is 9.47 Å². The predicted molar refractivity (Wildman–Crippen MR) is 105 cm³/mol. The highest BCUT2D eigenvalue weighted by Crippen LogP contribution is 2.35. The molecule has 2 N–H and O–H groups in total. The Morgan fingerprint density at radius 3 is 2.52 bits per heavy atom. The fourth-order valence-corrected chi connectivity index (χ4v) is 3.42. The monoisotopic (exact) mass is 390 g/mol. The Hall–Kier alpha value is -0.880. The summed E-state index contributed by atoms with van der Waals surface area (Å²) in [6.45, 7) is 10.7. The molecular formula is C17H30N2O4S2. The van der Waals surface area contributed by atoms with Crippen LogP contribution >= 0.6 is 21.6 Å². The molecule has 0 fully saturated rings. The van der Waals surface area contributed by atoms with Crippen LogP contribution in [0.2, 0.25) is 0 Å². The Labute approximate surface area is 159 Å². The lowest BCUT2D eigenvalue weighted by atomic mass is 10.2. The number of carbonyl (C=O) groups excluding carboxylic acids is 2. The van der Waals surface area contributed by atoms with Gasteiger partial charge in [0.25, 0.3) is 0 Å². The normalized spacial score (nSPS) is 11.0. The molecule has 0 saturated heterocycles. The summed E-state index contributed by atoms with van der Waals surface area (Å²) < 4.78 is 11.0. The van der Waals surface area contributed by atoms with E-state index in [0.29, 0.717) is 25.6 Å². The molecule has 0 spiro atoms. The van der Waals surface area contributed by atoms with E-state index in [1.165, 1.54) is 10.8 Å². The van der Waals surface area contributed by atoms with Gasteiger partial charge in [-0.2, -0.15) is 0 Å². The first-order chi connectivity index (χ1) is 11.8. The van der Waals surface area contributed by atoms with Gasteiger partial charge in [-0.15, -0.1) is 5.92 Å². The molecule has 0 rings (SSSR count). The molecule has 0 unspecified atom stereocenters. The largest absolute Gasteiger partial charge is 0.369 e. The van der Waals surface area contributed by atoms with Gasteiger partial charge < -0.3 is 20.1 Å². The molecule has 0 aliphatic rings. The van der Waals surface area contributed by atoms with Gasteiger partial charge in [0.15, 0.2) is 0 Å². The van der Waals surface area contributed by atoms with Gasteiger partial charge in [-0.1, -0.05) is 48.3 Å². The smallest absolute Gasteiger partial charge is 0.246 e. The molecule has 25 heavy (non-hydrogen) atoms. The van der Waals surface area contributed by atoms with Gasteiger partial charge in [0, 0.05) is 12.3 Å². The van der Waals surface area contributed by atoms with E-state index >= 15 is 0 Å². The molecule has 0 saturated carbocycles. The van der Waals surface area contributed by atoms with Crippen LogP contribution in [0.25, 0.3) is 0 Å². The fourth-order valence-electron chi connectivity index (χ4n) is 1.39. The minimum atomic E-state index is -0.408. The van der Waals surface area contributed by atoms with Crippen LogP contribution in [0.4, 0.5) is 0 Å². The Morgan fingerprint density at radius 1 is 1.16 bits per heavy atom. The molecule has 0 aromatic rings. The van der Waals surface area contributed by atoms with Gasteiger partial charge in [0.2, 0.25) is 11.8 Å². The maximum absolute atomic E-state index is 11.5. The van der Waals surface area contributed by atoms with E-state index in [0.717, 1.165) is 6.42 Å². The quantitative estimate of drug-likeness (QED) is 0.231. The second-order valence-corrected chi connectivity index (χ2v) is 8.71. The highest BCUT2D eigenvalue weighted by atomic mass is 33.1. The van der Waals surface area contributed by atoms with Crippen molar-refractivity contribution in [2.75, 3.05) is 32.2 Å². The summed E-state index contributed by atoms with van der Waals surface area (Å²) in [7, 11) is 3.07. The summed E-state index contributed by atoms with van der Waals surface area (Å²) in [6.07, 6.45) is 0.778. The van der Waals surface area contributed by atoms with Crippen LogP contribution in [0.1, 0.15) is 41.0 Å². The third-order valence-corrected chi connectivity index (χ3v) is 5.49. The molecule has 0 aromatic carbocycles. The Bertz CT molecular complexity index is 459. The zero-order valence-corrected chi connectivity index (χ0v) is 17.4. The summed E-state index contributed by atoms with van der Waals surface area (Å²) in [5.41, 5.74) is 0. The second kappa shape index (κ2) is 14.3. The number of rotatable bonds is 12. The van der Waals surface area contributed by atoms with Crippen molar-refractivity contribution in [2.24, 2.45) is 5.92 Å². The number of nitrogens with one attached hydrogen (secondary N) is 2. The van der Waals surface area contributed by atoms with Crippen LogP contribution in [0.15, 0.2) is 0 Å². The molecule has 8 heteroatoms. The van der Waals surface area contributed by atoms with Crippen LogP contribution < -0.4 is 10.6 Å². The number of carbonyl (C=O) groups is 2. The van der Waals surface area contributed by atoms with Crippen molar-refractivity contribution >= 4 is 33.4 Å². The number of amides is 2. The van der Waals surface area contributed by atoms with Gasteiger partial charge >= 0.3 is 0 Å². The van der Waals surface area contributed by atoms with Crippen molar-refractivity contribution in [3.63, 3.8) is 0 Å². The van der Waals surface area contributed by atoms with Gasteiger partial charge in [0.1, 0.15) is 11.5 Å². The van der Waals surface area contributed by atoms with Gasteiger partial charge in [-0.05, 0) is 13.8 Å². The molecule has 144 valence electrons. The van der Waals surface area contributed by atoms with E-state index in [1.807, 2.05) is 34.6 Å². The average Bonchev–Trinajstić information content (AvgIpc) is 2.55. The third kappa shape index (κ3) is 15.1. The zero-order valence-electron chi connectivity index (χ0n) is 15.8. The van der Waals surface area contributed by atoms with Crippen LogP contribution in [-0.2, 0) is 19.1 Å². The first kappa shape index (κ1) is 24.1. The van der Waals surface area contributed by atoms with Crippen molar-refractivity contribution in [2.45, 2.75) is 46.0 Å². The van der Waals surface area contributed by atoms with E-state index < -0.39 is 4.93 Å². The summed E-state index contributed by atoms with van der Waals surface area (Å²) in [4.78, 5) is 22.5. The van der Waals surface area contributed by atoms with Crippen LogP contribution in [0.5, 0.6) is 0 Å². The summed E-state index contributed by atoms with van der Waals surface area (Å²) in [5, 5.41) is 5.49. The third-order valence-electron chi connectivity index (χ3n) is 2.68. The summed E-state index contributed by atoms with van der Waals surface area (Å²) in [6, 6.07) is 0. The molecule has 0 aliphatic heterocycles. The Balaban J connectivity index is 3.68. The highest BCUT2D eigenvalue weighted by molar-refractivity contribution is 8.77. The lowest BCUT2D eigenvalue weighted by molar-refractivity contribution is -0.126. The van der Waals surface area contributed by atoms with Crippen molar-refractivity contribution in [1.82, 2.24) is 10.6 Å². The van der Waals surface area contributed by atoms with Crippen LogP contribution in [0.3, 0.4) is 0 Å². The van der Waals surface area contributed by atoms with E-state index in [-0.39, 0.29) is 24.3 Å². The second-order valence-electron chi connectivity index (χ2n) is 5.83. The Kier molecular flexibility index (Phi) is 13.8. The number of hydrogen-bond donors (Lipinski definition) is 2. The molecule has 0 heterocycles. The van der Waals surface area contributed by atoms with E-state index in [2.05, 4.69) is 22.5 Å². The average molecular weight is 391 g/mol. The van der Waals surface area contributed by atoms with Crippen molar-refractivity contribution < 1.29 is 19.1 Å². The van der Waals surface area contributed by atoms with Gasteiger partial charge in [0.05, 0.1) is 25.6 Å². The molecule has 6 nitrogen and oxygen atoms in total. The minimum Gasteiger partial charge on any atom is -0.369 e. The van der Waals surface area contributed by atoms with E-state index in [9.17, 15) is 9.59 Å². The lowest BCUT2D eigenvalue weighted by Gasteiger charge is -2.24. The SMILES string of the molecule is CCC#CCNC(=O)COCCOC(C)(C)SSCNC(=O)C(C)C. The Morgan fingerprint density at radius 2 is 1.88 bits per heavy atom. The molecular weight excluding hydrogens is 360 g/mol. The molecule has 0 bridgehead atoms. The van der Waals surface area contributed by atoms with Crippen molar-refractivity contribution in [3.05, 3.63) is 0 Å². The van der Waals surface area contributed by atoms with Crippen LogP contribution in [-0.4, -0.2) is 49.0 Å². The maximum atomic E-state index is 11.5. The molecule has 0 atom stereocenters. The van der Waals surface area contributed by atoms with Crippen molar-refractivity contribution in [1.29, 1.82) is 0 Å². The van der Waals surface area contributed by atoms with Crippen LogP contribution in [0, 0.1) is 17.8 Å². The summed E-state index contributed by atoms with van der Waals surface area (Å²) >= 11 is 0. The lowest BCUT2D eigenvalue weighted by Crippen LogP contribution is -2.29. The zero-order chi connectivity index (χ0) is 19.1. The number of ether oxygens (including phenoxy) is 2. The maximum Gasteiger partial charge on any atom is 0.246 e. The van der Waals surface area contributed by atoms with Gasteiger partial charge in [-0.3, -0.25) is 9.59 Å². The first-order valence-corrected chi connectivity index (χ1v) is 10.6. The highest BCUT2D eigenvalue weighted by Gasteiger charge is 2.19. The molecule has 0 aromatic heterocycles. The summed E-state index contributed by atoms with van der Waals surface area (Å²) in [5.74, 6) is 6.09. The molecule has 0 aliphatic carbocycles. The minimum absolute atomic E-state index is 0.000714. The standard InChI is InChI=1S/C17H30N2O4S2/c1-6-7-8-9-18-15(20)12-22-10-11-23-17(4,5)25-24-13-19-16(21)14(2)3/h14H,6,9-13H2,1-5H3,(H,18,20)(H,19,21). The van der Waals surface area contributed by atoms with Crippen molar-refractivity contribution in [3.8, 4) is 11.8 Å². The first-order valence-electron chi connectivity index (χ1n) is 8.31. The van der Waals surface area contributed by atoms with E-state index in [1.54, 1.807) is 10.8 Å². The molecule has 0 radical (unpaired) electrons. The predicted octanol–water partition coefficient (Wildman–Crippen LogP) is 2.40. The topological polar surface area (TPSA) is 76.7 Å². The fraction of sp³-hybridized carbons (Fsp3) is 0.765. The number of hydrogen-bond acceptors (Lipinski definition) is 6.